The monoisotopic (exact) mass is 602 g/mol. The third-order valence-electron chi connectivity index (χ3n) is 7.82. The van der Waals surface area contributed by atoms with E-state index in [-0.39, 0.29) is 60.7 Å². The largest absolute Gasteiger partial charge is 0.508 e. The second-order valence-electron chi connectivity index (χ2n) is 10.6. The van der Waals surface area contributed by atoms with Crippen LogP contribution in [0.1, 0.15) is 77.2 Å². The molecular formula is C31H26N2O11. The van der Waals surface area contributed by atoms with E-state index in [1.165, 1.54) is 24.3 Å². The lowest BCUT2D eigenvalue weighted by Crippen LogP contribution is -2.33. The number of phenolic OH excluding ortho intramolecular Hbond substituents is 2. The Kier molecular flexibility index (Phi) is 7.08. The van der Waals surface area contributed by atoms with Crippen LogP contribution in [-0.2, 0) is 29.6 Å². The Morgan fingerprint density at radius 1 is 0.886 bits per heavy atom. The highest BCUT2D eigenvalue weighted by atomic mass is 16.7. The second kappa shape index (κ2) is 10.9. The van der Waals surface area contributed by atoms with Crippen molar-refractivity contribution < 1.29 is 53.6 Å². The maximum absolute atomic E-state index is 13.4. The van der Waals surface area contributed by atoms with Crippen molar-refractivity contribution in [3.63, 3.8) is 0 Å². The van der Waals surface area contributed by atoms with Crippen LogP contribution >= 0.6 is 0 Å². The van der Waals surface area contributed by atoms with Crippen LogP contribution in [0.25, 0.3) is 0 Å². The number of esters is 1. The Labute approximate surface area is 249 Å². The Balaban J connectivity index is 1.25. The minimum absolute atomic E-state index is 0.00985. The minimum atomic E-state index is -1.45. The number of aromatic hydroxyl groups is 2. The summed E-state index contributed by atoms with van der Waals surface area (Å²) in [6.45, 7) is 0. The number of amides is 3. The SMILES string of the molecule is O=C(O)NC(CCCCC(=O)ON1C(=O)CCC1=O)c1ccc2c(c1)C(=O)OC21c2ccc(O)cc2Oc2cc(O)ccc21. The van der Waals surface area contributed by atoms with Crippen LogP contribution in [0, 0.1) is 0 Å². The quantitative estimate of drug-likeness (QED) is 0.165. The number of ether oxygens (including phenoxy) is 2. The van der Waals surface area contributed by atoms with Gasteiger partial charge in [0.2, 0.25) is 0 Å². The normalized spacial score (nSPS) is 16.5. The molecule has 0 radical (unpaired) electrons. The Morgan fingerprint density at radius 3 is 2.11 bits per heavy atom. The summed E-state index contributed by atoms with van der Waals surface area (Å²) in [5, 5.41) is 32.6. The van der Waals surface area contributed by atoms with Crippen LogP contribution in [0.15, 0.2) is 54.6 Å². The van der Waals surface area contributed by atoms with Gasteiger partial charge in [0.1, 0.15) is 23.0 Å². The number of carboxylic acid groups (broad SMARTS) is 1. The lowest BCUT2D eigenvalue weighted by atomic mass is 9.77. The van der Waals surface area contributed by atoms with Crippen molar-refractivity contribution in [2.45, 2.75) is 50.2 Å². The molecule has 0 aromatic heterocycles. The molecule has 6 rings (SSSR count). The van der Waals surface area contributed by atoms with Crippen molar-refractivity contribution in [1.82, 2.24) is 10.4 Å². The zero-order chi connectivity index (χ0) is 31.2. The number of hydrogen-bond donors (Lipinski definition) is 4. The number of unbranched alkanes of at least 4 members (excludes halogenated alkanes) is 1. The average molecular weight is 603 g/mol. The second-order valence-corrected chi connectivity index (χ2v) is 10.6. The van der Waals surface area contributed by atoms with E-state index in [9.17, 15) is 39.3 Å². The van der Waals surface area contributed by atoms with Gasteiger partial charge in [-0.15, -0.1) is 5.06 Å². The molecule has 1 fully saturated rings. The molecule has 0 aliphatic carbocycles. The fraction of sp³-hybridized carbons (Fsp3) is 0.258. The number of imide groups is 1. The molecule has 1 atom stereocenters. The van der Waals surface area contributed by atoms with Crippen molar-refractivity contribution in [3.05, 3.63) is 82.4 Å². The fourth-order valence-corrected chi connectivity index (χ4v) is 5.83. The van der Waals surface area contributed by atoms with Gasteiger partial charge in [-0.1, -0.05) is 18.6 Å². The first-order chi connectivity index (χ1) is 21.1. The van der Waals surface area contributed by atoms with E-state index >= 15 is 0 Å². The van der Waals surface area contributed by atoms with Crippen LogP contribution in [0.4, 0.5) is 4.79 Å². The van der Waals surface area contributed by atoms with Gasteiger partial charge in [-0.3, -0.25) is 9.59 Å². The van der Waals surface area contributed by atoms with Gasteiger partial charge in [0.15, 0.2) is 5.60 Å². The predicted octanol–water partition coefficient (Wildman–Crippen LogP) is 4.14. The van der Waals surface area contributed by atoms with E-state index in [0.717, 1.165) is 0 Å². The van der Waals surface area contributed by atoms with Crippen molar-refractivity contribution in [1.29, 1.82) is 0 Å². The number of rotatable bonds is 8. The molecule has 3 heterocycles. The molecular weight excluding hydrogens is 576 g/mol. The molecule has 44 heavy (non-hydrogen) atoms. The number of hydroxylamine groups is 2. The Morgan fingerprint density at radius 2 is 1.50 bits per heavy atom. The van der Waals surface area contributed by atoms with Crippen molar-refractivity contribution in [2.75, 3.05) is 0 Å². The third-order valence-corrected chi connectivity index (χ3v) is 7.82. The minimum Gasteiger partial charge on any atom is -0.508 e. The third kappa shape index (κ3) is 4.91. The summed E-state index contributed by atoms with van der Waals surface area (Å²) in [4.78, 5) is 65.4. The van der Waals surface area contributed by atoms with Crippen molar-refractivity contribution >= 4 is 29.8 Å². The topological polar surface area (TPSA) is 189 Å². The molecule has 0 saturated carbocycles. The molecule has 4 N–H and O–H groups in total. The summed E-state index contributed by atoms with van der Waals surface area (Å²) < 4.78 is 12.0. The van der Waals surface area contributed by atoms with Crippen LogP contribution in [0.2, 0.25) is 0 Å². The molecule has 3 aliphatic heterocycles. The van der Waals surface area contributed by atoms with Gasteiger partial charge in [-0.2, -0.15) is 0 Å². The van der Waals surface area contributed by atoms with Gasteiger partial charge in [-0.25, -0.2) is 14.4 Å². The number of hydrogen-bond acceptors (Lipinski definition) is 10. The number of benzene rings is 3. The van der Waals surface area contributed by atoms with Gasteiger partial charge >= 0.3 is 18.0 Å². The molecule has 1 saturated heterocycles. The highest BCUT2D eigenvalue weighted by Crippen LogP contribution is 2.57. The summed E-state index contributed by atoms with van der Waals surface area (Å²) in [5.74, 6) is -2.24. The summed E-state index contributed by atoms with van der Waals surface area (Å²) in [5.41, 5.74) is 0.610. The Bertz CT molecular complexity index is 1670. The summed E-state index contributed by atoms with van der Waals surface area (Å²) in [6.07, 6.45) is -0.477. The molecule has 1 spiro atoms. The van der Waals surface area contributed by atoms with Gasteiger partial charge in [0, 0.05) is 48.1 Å². The number of fused-ring (bicyclic) bond motifs is 6. The van der Waals surface area contributed by atoms with E-state index in [1.54, 1.807) is 30.3 Å². The average Bonchev–Trinajstić information content (AvgIpc) is 3.45. The fourth-order valence-electron chi connectivity index (χ4n) is 5.83. The van der Waals surface area contributed by atoms with Crippen LogP contribution in [0.3, 0.4) is 0 Å². The number of nitrogens with zero attached hydrogens (tertiary/aromatic N) is 1. The van der Waals surface area contributed by atoms with E-state index in [1.807, 2.05) is 0 Å². The maximum Gasteiger partial charge on any atom is 0.405 e. The maximum atomic E-state index is 13.4. The number of carbonyl (C=O) groups is 5. The van der Waals surface area contributed by atoms with Gasteiger partial charge in [-0.05, 0) is 48.7 Å². The van der Waals surface area contributed by atoms with E-state index < -0.39 is 41.5 Å². The molecule has 13 nitrogen and oxygen atoms in total. The predicted molar refractivity (Wildman–Crippen MR) is 148 cm³/mol. The number of nitrogens with one attached hydrogen (secondary N) is 1. The van der Waals surface area contributed by atoms with Crippen LogP contribution < -0.4 is 10.1 Å². The van der Waals surface area contributed by atoms with Crippen molar-refractivity contribution in [2.24, 2.45) is 0 Å². The van der Waals surface area contributed by atoms with E-state index in [2.05, 4.69) is 5.32 Å². The van der Waals surface area contributed by atoms with E-state index in [4.69, 9.17) is 14.3 Å². The molecule has 0 bridgehead atoms. The molecule has 3 amide bonds. The molecule has 1 unspecified atom stereocenters. The van der Waals surface area contributed by atoms with Crippen LogP contribution in [0.5, 0.6) is 23.0 Å². The first kappa shape index (κ1) is 28.5. The molecule has 3 aromatic rings. The van der Waals surface area contributed by atoms with Crippen molar-refractivity contribution in [3.8, 4) is 23.0 Å². The highest BCUT2D eigenvalue weighted by molar-refractivity contribution is 6.01. The van der Waals surface area contributed by atoms with Gasteiger partial charge < -0.3 is 34.9 Å². The van der Waals surface area contributed by atoms with E-state index in [0.29, 0.717) is 33.7 Å². The lowest BCUT2D eigenvalue weighted by molar-refractivity contribution is -0.197. The zero-order valence-corrected chi connectivity index (χ0v) is 23.1. The lowest BCUT2D eigenvalue weighted by Gasteiger charge is -2.36. The summed E-state index contributed by atoms with van der Waals surface area (Å²) >= 11 is 0. The Hall–Kier alpha value is -5.59. The number of phenols is 2. The standard InChI is InChI=1S/C31H26N2O11/c34-17-6-9-21-24(14-17)42-25-15-18(35)7-10-22(25)31(21)20-8-5-16(13-19(20)29(39)43-31)23(32-30(40)41)3-1-2-4-28(38)44-33-26(36)11-12-27(33)37/h5-10,13-15,23,32,34-35H,1-4,11-12H2,(H,40,41). The summed E-state index contributed by atoms with van der Waals surface area (Å²) in [6, 6.07) is 13.0. The zero-order valence-electron chi connectivity index (χ0n) is 23.1. The van der Waals surface area contributed by atoms with Gasteiger partial charge in [0.25, 0.3) is 11.8 Å². The first-order valence-corrected chi connectivity index (χ1v) is 13.9. The smallest absolute Gasteiger partial charge is 0.405 e. The summed E-state index contributed by atoms with van der Waals surface area (Å²) in [7, 11) is 0. The number of carbonyl (C=O) groups excluding carboxylic acids is 4. The van der Waals surface area contributed by atoms with Crippen LogP contribution in [-0.4, -0.2) is 50.2 Å². The molecule has 13 heteroatoms. The molecule has 3 aromatic carbocycles. The van der Waals surface area contributed by atoms with Gasteiger partial charge in [0.05, 0.1) is 11.6 Å². The first-order valence-electron chi connectivity index (χ1n) is 13.9. The molecule has 3 aliphatic rings. The molecule has 226 valence electrons. The highest BCUT2D eigenvalue weighted by Gasteiger charge is 2.53.